The van der Waals surface area contributed by atoms with Gasteiger partial charge in [0.05, 0.1) is 28.2 Å². The number of ether oxygens (including phenoxy) is 1. The zero-order valence-corrected chi connectivity index (χ0v) is 12.1. The third-order valence-corrected chi connectivity index (χ3v) is 4.41. The first-order chi connectivity index (χ1) is 9.97. The normalized spacial score (nSPS) is 29.6. The smallest absolute Gasteiger partial charge is 0.310 e. The molecule has 0 spiro atoms. The Morgan fingerprint density at radius 1 is 1.10 bits per heavy atom. The molecule has 0 aliphatic carbocycles. The van der Waals surface area contributed by atoms with Crippen LogP contribution in [0.4, 0.5) is 5.69 Å². The van der Waals surface area contributed by atoms with Gasteiger partial charge in [-0.1, -0.05) is 35.4 Å². The maximum atomic E-state index is 12.4. The summed E-state index contributed by atoms with van der Waals surface area (Å²) in [5.74, 6) is -3.08. The quantitative estimate of drug-likeness (QED) is 0.836. The molecule has 2 N–H and O–H groups in total. The number of nitrogens with one attached hydrogen (secondary N) is 1. The minimum Gasteiger partial charge on any atom is -0.481 e. The predicted octanol–water partition coefficient (Wildman–Crippen LogP) is 2.59. The lowest BCUT2D eigenvalue weighted by Gasteiger charge is -2.21. The number of carboxylic acids is 1. The van der Waals surface area contributed by atoms with Gasteiger partial charge >= 0.3 is 5.97 Å². The summed E-state index contributed by atoms with van der Waals surface area (Å²) >= 11 is 11.7. The molecule has 2 bridgehead atoms. The third kappa shape index (κ3) is 2.52. The number of anilines is 1. The SMILES string of the molecule is O=C(O)[C@@H]1[C@@H](C(=O)Nc2ccc(Cl)c(Cl)c2)[C@H]2C=C[C@H]1O2. The number of amides is 1. The van der Waals surface area contributed by atoms with Crippen LogP contribution < -0.4 is 5.32 Å². The topological polar surface area (TPSA) is 75.6 Å². The Balaban J connectivity index is 1.80. The summed E-state index contributed by atoms with van der Waals surface area (Å²) in [6.07, 6.45) is 2.37. The molecule has 21 heavy (non-hydrogen) atoms. The number of hydrogen-bond donors (Lipinski definition) is 2. The summed E-state index contributed by atoms with van der Waals surface area (Å²) in [5.41, 5.74) is 0.463. The highest BCUT2D eigenvalue weighted by Crippen LogP contribution is 2.40. The van der Waals surface area contributed by atoms with Crippen molar-refractivity contribution in [2.24, 2.45) is 11.8 Å². The van der Waals surface area contributed by atoms with Crippen LogP contribution >= 0.6 is 23.2 Å². The van der Waals surface area contributed by atoms with Crippen molar-refractivity contribution in [3.63, 3.8) is 0 Å². The first-order valence-corrected chi connectivity index (χ1v) is 7.05. The van der Waals surface area contributed by atoms with Crippen molar-refractivity contribution in [1.29, 1.82) is 0 Å². The van der Waals surface area contributed by atoms with Gasteiger partial charge in [0.15, 0.2) is 0 Å². The molecule has 7 heteroatoms. The average Bonchev–Trinajstić information content (AvgIpc) is 3.03. The van der Waals surface area contributed by atoms with Crippen LogP contribution in [-0.2, 0) is 14.3 Å². The highest BCUT2D eigenvalue weighted by Gasteiger charge is 2.53. The minimum atomic E-state index is -1.04. The fourth-order valence-electron chi connectivity index (χ4n) is 2.71. The van der Waals surface area contributed by atoms with Gasteiger partial charge in [-0.3, -0.25) is 9.59 Å². The molecular weight excluding hydrogens is 317 g/mol. The van der Waals surface area contributed by atoms with Gasteiger partial charge in [0, 0.05) is 5.69 Å². The Bertz CT molecular complexity index is 646. The lowest BCUT2D eigenvalue weighted by atomic mass is 9.82. The van der Waals surface area contributed by atoms with Crippen LogP contribution in [0.3, 0.4) is 0 Å². The molecule has 0 saturated carbocycles. The summed E-state index contributed by atoms with van der Waals surface area (Å²) in [5, 5.41) is 12.6. The average molecular weight is 328 g/mol. The second-order valence-corrected chi connectivity index (χ2v) is 5.77. The highest BCUT2D eigenvalue weighted by atomic mass is 35.5. The molecule has 3 rings (SSSR count). The van der Waals surface area contributed by atoms with Crippen molar-refractivity contribution in [2.75, 3.05) is 5.32 Å². The summed E-state index contributed by atoms with van der Waals surface area (Å²) < 4.78 is 5.46. The number of halogens is 2. The zero-order chi connectivity index (χ0) is 15.1. The number of hydrogen-bond acceptors (Lipinski definition) is 3. The van der Waals surface area contributed by atoms with E-state index in [1.807, 2.05) is 0 Å². The number of rotatable bonds is 3. The summed E-state index contributed by atoms with van der Waals surface area (Å²) in [4.78, 5) is 23.7. The third-order valence-electron chi connectivity index (χ3n) is 3.67. The zero-order valence-electron chi connectivity index (χ0n) is 10.6. The Kier molecular flexibility index (Phi) is 3.65. The van der Waals surface area contributed by atoms with E-state index in [0.29, 0.717) is 15.7 Å². The van der Waals surface area contributed by atoms with Gasteiger partial charge in [0.25, 0.3) is 0 Å². The fourth-order valence-corrected chi connectivity index (χ4v) is 3.01. The van der Waals surface area contributed by atoms with E-state index in [1.54, 1.807) is 24.3 Å². The number of aliphatic carboxylic acids is 1. The van der Waals surface area contributed by atoms with Crippen LogP contribution in [0, 0.1) is 11.8 Å². The predicted molar refractivity (Wildman–Crippen MR) is 77.5 cm³/mol. The van der Waals surface area contributed by atoms with Crippen LogP contribution in [0.1, 0.15) is 0 Å². The summed E-state index contributed by atoms with van der Waals surface area (Å²) in [7, 11) is 0. The lowest BCUT2D eigenvalue weighted by molar-refractivity contribution is -0.145. The van der Waals surface area contributed by atoms with Gasteiger partial charge in [0.2, 0.25) is 5.91 Å². The number of carbonyl (C=O) groups excluding carboxylic acids is 1. The molecule has 1 saturated heterocycles. The number of carbonyl (C=O) groups is 2. The fraction of sp³-hybridized carbons (Fsp3) is 0.286. The largest absolute Gasteiger partial charge is 0.481 e. The van der Waals surface area contributed by atoms with Gasteiger partial charge in [-0.2, -0.15) is 0 Å². The molecule has 1 aromatic carbocycles. The van der Waals surface area contributed by atoms with Crippen molar-refractivity contribution in [3.05, 3.63) is 40.4 Å². The van der Waals surface area contributed by atoms with Crippen molar-refractivity contribution in [1.82, 2.24) is 0 Å². The molecule has 0 unspecified atom stereocenters. The summed E-state index contributed by atoms with van der Waals surface area (Å²) in [6, 6.07) is 4.68. The first-order valence-electron chi connectivity index (χ1n) is 6.30. The Morgan fingerprint density at radius 2 is 1.76 bits per heavy atom. The van der Waals surface area contributed by atoms with Crippen molar-refractivity contribution in [2.45, 2.75) is 12.2 Å². The van der Waals surface area contributed by atoms with E-state index < -0.39 is 35.9 Å². The minimum absolute atomic E-state index is 0.313. The van der Waals surface area contributed by atoms with E-state index >= 15 is 0 Å². The highest BCUT2D eigenvalue weighted by molar-refractivity contribution is 6.42. The van der Waals surface area contributed by atoms with Crippen LogP contribution in [-0.4, -0.2) is 29.2 Å². The standard InChI is InChI=1S/C14H11Cl2NO4/c15-7-2-1-6(5-8(7)16)17-13(18)11-9-3-4-10(21-9)12(11)14(19)20/h1-5,9-12H,(H,17,18)(H,19,20)/t9-,10-,11+,12+/m1/s1. The Morgan fingerprint density at radius 3 is 2.38 bits per heavy atom. The Labute approximate surface area is 130 Å². The molecule has 0 radical (unpaired) electrons. The van der Waals surface area contributed by atoms with Crippen LogP contribution in [0.2, 0.25) is 10.0 Å². The molecule has 5 nitrogen and oxygen atoms in total. The van der Waals surface area contributed by atoms with E-state index in [-0.39, 0.29) is 0 Å². The number of fused-ring (bicyclic) bond motifs is 2. The molecule has 4 atom stereocenters. The maximum absolute atomic E-state index is 12.4. The van der Waals surface area contributed by atoms with Crippen LogP contribution in [0.25, 0.3) is 0 Å². The molecule has 1 aromatic rings. The monoisotopic (exact) mass is 327 g/mol. The maximum Gasteiger partial charge on any atom is 0.310 e. The molecule has 1 amide bonds. The van der Waals surface area contributed by atoms with Crippen LogP contribution in [0.15, 0.2) is 30.4 Å². The molecule has 2 heterocycles. The number of benzene rings is 1. The number of carboxylic acid groups (broad SMARTS) is 1. The molecule has 2 aliphatic rings. The summed E-state index contributed by atoms with van der Waals surface area (Å²) in [6.45, 7) is 0. The second kappa shape index (κ2) is 5.33. The van der Waals surface area contributed by atoms with Crippen molar-refractivity contribution in [3.8, 4) is 0 Å². The van der Waals surface area contributed by atoms with E-state index in [2.05, 4.69) is 5.32 Å². The van der Waals surface area contributed by atoms with E-state index in [0.717, 1.165) is 0 Å². The first kappa shape index (κ1) is 14.4. The van der Waals surface area contributed by atoms with E-state index in [9.17, 15) is 14.7 Å². The van der Waals surface area contributed by atoms with Crippen molar-refractivity contribution < 1.29 is 19.4 Å². The van der Waals surface area contributed by atoms with E-state index in [4.69, 9.17) is 27.9 Å². The molecule has 110 valence electrons. The molecule has 1 fully saturated rings. The van der Waals surface area contributed by atoms with Gasteiger partial charge < -0.3 is 15.2 Å². The van der Waals surface area contributed by atoms with Crippen molar-refractivity contribution >= 4 is 40.8 Å². The molecule has 0 aromatic heterocycles. The van der Waals surface area contributed by atoms with Gasteiger partial charge in [-0.15, -0.1) is 0 Å². The molecular formula is C14H11Cl2NO4. The molecule has 2 aliphatic heterocycles. The van der Waals surface area contributed by atoms with Crippen LogP contribution in [0.5, 0.6) is 0 Å². The Hall–Kier alpha value is -1.56. The second-order valence-electron chi connectivity index (χ2n) is 4.96. The van der Waals surface area contributed by atoms with Gasteiger partial charge in [0.1, 0.15) is 5.92 Å². The van der Waals surface area contributed by atoms with Gasteiger partial charge in [-0.05, 0) is 18.2 Å². The van der Waals surface area contributed by atoms with Gasteiger partial charge in [-0.25, -0.2) is 0 Å². The van der Waals surface area contributed by atoms with E-state index in [1.165, 1.54) is 6.07 Å². The lowest BCUT2D eigenvalue weighted by Crippen LogP contribution is -2.39.